The molecule has 2 aromatic carbocycles. The van der Waals surface area contributed by atoms with E-state index in [0.29, 0.717) is 11.5 Å². The zero-order chi connectivity index (χ0) is 21.4. The number of anilines is 2. The molecule has 6 nitrogen and oxygen atoms in total. The number of rotatable bonds is 5. The molecular formula is C24H26N4O2. The molecule has 2 aromatic heterocycles. The Morgan fingerprint density at radius 1 is 1.07 bits per heavy atom. The van der Waals surface area contributed by atoms with Crippen LogP contribution in [0.25, 0.3) is 17.0 Å². The number of phenols is 1. The van der Waals surface area contributed by atoms with Crippen LogP contribution in [0.15, 0.2) is 42.5 Å². The van der Waals surface area contributed by atoms with Crippen LogP contribution in [0.3, 0.4) is 0 Å². The number of benzene rings is 2. The first kappa shape index (κ1) is 19.8. The number of aromatic hydroxyl groups is 1. The lowest BCUT2D eigenvalue weighted by molar-refractivity contribution is 0.373. The highest BCUT2D eigenvalue weighted by atomic mass is 16.5. The maximum absolute atomic E-state index is 10.0. The van der Waals surface area contributed by atoms with E-state index in [1.54, 1.807) is 12.1 Å². The predicted octanol–water partition coefficient (Wildman–Crippen LogP) is 5.34. The summed E-state index contributed by atoms with van der Waals surface area (Å²) in [6.45, 7) is 8.27. The van der Waals surface area contributed by atoms with Crippen molar-refractivity contribution in [2.24, 2.45) is 0 Å². The van der Waals surface area contributed by atoms with Crippen LogP contribution in [0.1, 0.15) is 29.4 Å². The van der Waals surface area contributed by atoms with Gasteiger partial charge in [0.2, 0.25) is 5.78 Å². The molecule has 2 heterocycles. The zero-order valence-electron chi connectivity index (χ0n) is 17.9. The molecule has 4 rings (SSSR count). The summed E-state index contributed by atoms with van der Waals surface area (Å²) in [6.07, 6.45) is 0.916. The Balaban J connectivity index is 1.99. The van der Waals surface area contributed by atoms with Crippen molar-refractivity contribution < 1.29 is 9.84 Å². The minimum absolute atomic E-state index is 0.0943. The van der Waals surface area contributed by atoms with Crippen LogP contribution >= 0.6 is 0 Å². The maximum Gasteiger partial charge on any atom is 0.236 e. The fourth-order valence-corrected chi connectivity index (χ4v) is 3.84. The first-order valence-electron chi connectivity index (χ1n) is 10.0. The summed E-state index contributed by atoms with van der Waals surface area (Å²) in [5.41, 5.74) is 7.01. The normalized spacial score (nSPS) is 11.1. The third-order valence-electron chi connectivity index (χ3n) is 5.34. The first-order valence-corrected chi connectivity index (χ1v) is 10.0. The van der Waals surface area contributed by atoms with E-state index in [-0.39, 0.29) is 5.75 Å². The van der Waals surface area contributed by atoms with Gasteiger partial charge >= 0.3 is 0 Å². The molecule has 4 aromatic rings. The van der Waals surface area contributed by atoms with E-state index in [9.17, 15) is 5.11 Å². The van der Waals surface area contributed by atoms with Gasteiger partial charge in [0.25, 0.3) is 0 Å². The van der Waals surface area contributed by atoms with Crippen molar-refractivity contribution in [3.05, 3.63) is 65.0 Å². The Bertz CT molecular complexity index is 1240. The van der Waals surface area contributed by atoms with Crippen LogP contribution in [0, 0.1) is 20.8 Å². The average Bonchev–Trinajstić information content (AvgIpc) is 3.08. The van der Waals surface area contributed by atoms with Crippen LogP contribution in [0.2, 0.25) is 0 Å². The SMILES string of the molecule is CCc1cccc(C)c1Nc1c(-c2ccc(O)c(OC)c2)nc2nc(C)cc(C)n12. The Kier molecular flexibility index (Phi) is 5.08. The molecule has 0 unspecified atom stereocenters. The number of fused-ring (bicyclic) bond motifs is 1. The summed E-state index contributed by atoms with van der Waals surface area (Å²) in [5, 5.41) is 13.7. The summed E-state index contributed by atoms with van der Waals surface area (Å²) in [7, 11) is 1.54. The van der Waals surface area contributed by atoms with Crippen LogP contribution < -0.4 is 10.1 Å². The van der Waals surface area contributed by atoms with Gasteiger partial charge in [-0.2, -0.15) is 0 Å². The first-order chi connectivity index (χ1) is 14.4. The average molecular weight is 402 g/mol. The highest BCUT2D eigenvalue weighted by molar-refractivity contribution is 5.81. The minimum Gasteiger partial charge on any atom is -0.504 e. The van der Waals surface area contributed by atoms with Gasteiger partial charge in [-0.3, -0.25) is 4.40 Å². The lowest BCUT2D eigenvalue weighted by atomic mass is 10.1. The van der Waals surface area contributed by atoms with Crippen molar-refractivity contribution in [2.75, 3.05) is 12.4 Å². The van der Waals surface area contributed by atoms with Crippen LogP contribution in [-0.4, -0.2) is 26.6 Å². The number of ether oxygens (including phenoxy) is 1. The largest absolute Gasteiger partial charge is 0.504 e. The molecule has 30 heavy (non-hydrogen) atoms. The molecule has 6 heteroatoms. The van der Waals surface area contributed by atoms with Crippen LogP contribution in [0.5, 0.6) is 11.5 Å². The smallest absolute Gasteiger partial charge is 0.236 e. The quantitative estimate of drug-likeness (QED) is 0.471. The molecule has 0 saturated heterocycles. The molecule has 0 saturated carbocycles. The van der Waals surface area contributed by atoms with Crippen molar-refractivity contribution in [2.45, 2.75) is 34.1 Å². The fraction of sp³-hybridized carbons (Fsp3) is 0.250. The van der Waals surface area contributed by atoms with E-state index in [2.05, 4.69) is 42.3 Å². The van der Waals surface area contributed by atoms with E-state index in [0.717, 1.165) is 46.1 Å². The zero-order valence-corrected chi connectivity index (χ0v) is 17.9. The monoisotopic (exact) mass is 402 g/mol. The second-order valence-electron chi connectivity index (χ2n) is 7.46. The number of hydrogen-bond donors (Lipinski definition) is 2. The Labute approximate surface area is 176 Å². The molecule has 0 amide bonds. The number of nitrogens with zero attached hydrogens (tertiary/aromatic N) is 3. The van der Waals surface area contributed by atoms with Gasteiger partial charge in [0.1, 0.15) is 11.5 Å². The number of nitrogens with one attached hydrogen (secondary N) is 1. The fourth-order valence-electron chi connectivity index (χ4n) is 3.84. The lowest BCUT2D eigenvalue weighted by Crippen LogP contribution is -2.04. The molecule has 154 valence electrons. The molecule has 0 aliphatic rings. The highest BCUT2D eigenvalue weighted by Crippen LogP contribution is 2.37. The van der Waals surface area contributed by atoms with Gasteiger partial charge in [-0.1, -0.05) is 25.1 Å². The Hall–Kier alpha value is -3.54. The molecule has 0 aliphatic heterocycles. The number of aryl methyl sites for hydroxylation is 4. The number of aromatic nitrogens is 3. The molecule has 0 atom stereocenters. The highest BCUT2D eigenvalue weighted by Gasteiger charge is 2.20. The Morgan fingerprint density at radius 2 is 1.87 bits per heavy atom. The molecule has 0 fully saturated rings. The number of para-hydroxylation sites is 1. The third-order valence-corrected chi connectivity index (χ3v) is 5.34. The van der Waals surface area contributed by atoms with Gasteiger partial charge < -0.3 is 15.2 Å². The predicted molar refractivity (Wildman–Crippen MR) is 120 cm³/mol. The maximum atomic E-state index is 10.0. The second kappa shape index (κ2) is 7.71. The van der Waals surface area contributed by atoms with E-state index >= 15 is 0 Å². The van der Waals surface area contributed by atoms with E-state index in [4.69, 9.17) is 9.72 Å². The van der Waals surface area contributed by atoms with Crippen molar-refractivity contribution in [3.8, 4) is 22.8 Å². The molecule has 0 aliphatic carbocycles. The molecule has 2 N–H and O–H groups in total. The number of methoxy groups -OCH3 is 1. The van der Waals surface area contributed by atoms with Gasteiger partial charge in [-0.05, 0) is 62.6 Å². The van der Waals surface area contributed by atoms with E-state index in [1.807, 2.05) is 30.4 Å². The van der Waals surface area contributed by atoms with Gasteiger partial charge in [0.05, 0.1) is 7.11 Å². The summed E-state index contributed by atoms with van der Waals surface area (Å²) >= 11 is 0. The minimum atomic E-state index is 0.0943. The molecule has 0 radical (unpaired) electrons. The molecule has 0 bridgehead atoms. The standard InChI is InChI=1S/C24H26N4O2/c1-6-17-9-7-8-14(2)21(17)26-23-22(18-10-11-19(29)20(13-18)30-5)27-24-25-15(3)12-16(4)28(23)24/h7-13,26,29H,6H2,1-5H3. The summed E-state index contributed by atoms with van der Waals surface area (Å²) in [6, 6.07) is 13.6. The van der Waals surface area contributed by atoms with Gasteiger partial charge in [0.15, 0.2) is 11.5 Å². The summed E-state index contributed by atoms with van der Waals surface area (Å²) in [4.78, 5) is 9.48. The summed E-state index contributed by atoms with van der Waals surface area (Å²) in [5.74, 6) is 1.97. The number of phenolic OH excluding ortho intramolecular Hbond substituents is 1. The van der Waals surface area contributed by atoms with E-state index < -0.39 is 0 Å². The van der Waals surface area contributed by atoms with Gasteiger partial charge in [0, 0.05) is 22.6 Å². The molecular weight excluding hydrogens is 376 g/mol. The van der Waals surface area contributed by atoms with Crippen molar-refractivity contribution in [1.29, 1.82) is 0 Å². The van der Waals surface area contributed by atoms with Crippen molar-refractivity contribution >= 4 is 17.3 Å². The number of hydrogen-bond acceptors (Lipinski definition) is 5. The number of imidazole rings is 1. The topological polar surface area (TPSA) is 71.7 Å². The Morgan fingerprint density at radius 3 is 2.60 bits per heavy atom. The molecule has 0 spiro atoms. The summed E-state index contributed by atoms with van der Waals surface area (Å²) < 4.78 is 7.35. The van der Waals surface area contributed by atoms with Gasteiger partial charge in [-0.15, -0.1) is 0 Å². The second-order valence-corrected chi connectivity index (χ2v) is 7.46. The lowest BCUT2D eigenvalue weighted by Gasteiger charge is -2.16. The van der Waals surface area contributed by atoms with Crippen molar-refractivity contribution in [3.63, 3.8) is 0 Å². The third kappa shape index (κ3) is 3.34. The van der Waals surface area contributed by atoms with Crippen LogP contribution in [0.4, 0.5) is 11.5 Å². The van der Waals surface area contributed by atoms with E-state index in [1.165, 1.54) is 12.7 Å². The van der Waals surface area contributed by atoms with Crippen LogP contribution in [-0.2, 0) is 6.42 Å². The van der Waals surface area contributed by atoms with Gasteiger partial charge in [-0.25, -0.2) is 9.97 Å². The van der Waals surface area contributed by atoms with Crippen molar-refractivity contribution in [1.82, 2.24) is 14.4 Å².